The van der Waals surface area contributed by atoms with Gasteiger partial charge in [0, 0.05) is 6.42 Å². The Balaban J connectivity index is 1.27. The summed E-state index contributed by atoms with van der Waals surface area (Å²) in [4.78, 5) is 16.2. The molecule has 2 heterocycles. The zero-order valence-corrected chi connectivity index (χ0v) is 17.5. The minimum Gasteiger partial charge on any atom is -0.493 e. The molecule has 158 valence electrons. The minimum absolute atomic E-state index is 0.171. The molecule has 0 unspecified atom stereocenters. The number of rotatable bonds is 8. The van der Waals surface area contributed by atoms with Gasteiger partial charge < -0.3 is 18.6 Å². The molecule has 0 N–H and O–H groups in total. The number of hydrogen-bond acceptors (Lipinski definition) is 6. The highest BCUT2D eigenvalue weighted by Crippen LogP contribution is 2.22. The molecule has 1 aliphatic heterocycles. The predicted octanol–water partition coefficient (Wildman–Crippen LogP) is 5.09. The second-order valence-electron chi connectivity index (χ2n) is 7.13. The zero-order valence-electron chi connectivity index (χ0n) is 17.5. The molecular formula is C25H23NO5. The van der Waals surface area contributed by atoms with Crippen LogP contribution in [-0.2, 0) is 9.53 Å². The molecular weight excluding hydrogens is 394 g/mol. The fraction of sp³-hybridized carbons (Fsp3) is 0.200. The van der Waals surface area contributed by atoms with Gasteiger partial charge in [-0.05, 0) is 66.9 Å². The van der Waals surface area contributed by atoms with Gasteiger partial charge in [-0.1, -0.05) is 24.3 Å². The highest BCUT2D eigenvalue weighted by molar-refractivity contribution is 6.11. The number of carbonyl (C=O) groups is 1. The first kappa shape index (κ1) is 20.5. The van der Waals surface area contributed by atoms with E-state index in [1.54, 1.807) is 18.2 Å². The van der Waals surface area contributed by atoms with Crippen molar-refractivity contribution in [1.29, 1.82) is 0 Å². The average molecular weight is 417 g/mol. The third-order valence-electron chi connectivity index (χ3n) is 4.91. The van der Waals surface area contributed by atoms with Crippen LogP contribution in [0.15, 0.2) is 76.0 Å². The first-order valence-electron chi connectivity index (χ1n) is 10.1. The zero-order chi connectivity index (χ0) is 21.6. The van der Waals surface area contributed by atoms with Gasteiger partial charge in [0.25, 0.3) is 5.90 Å². The number of ether oxygens (including phenoxy) is 3. The van der Waals surface area contributed by atoms with Crippen molar-refractivity contribution in [1.82, 2.24) is 0 Å². The van der Waals surface area contributed by atoms with Crippen LogP contribution in [-0.4, -0.2) is 25.1 Å². The number of furan rings is 1. The van der Waals surface area contributed by atoms with Crippen LogP contribution < -0.4 is 9.47 Å². The largest absolute Gasteiger partial charge is 0.493 e. The number of carbonyl (C=O) groups excluding carboxylic acids is 1. The van der Waals surface area contributed by atoms with Crippen molar-refractivity contribution in [3.63, 3.8) is 0 Å². The maximum Gasteiger partial charge on any atom is 0.363 e. The molecule has 0 spiro atoms. The number of benzene rings is 2. The van der Waals surface area contributed by atoms with Gasteiger partial charge in [0.15, 0.2) is 11.5 Å². The van der Waals surface area contributed by atoms with E-state index in [0.717, 1.165) is 23.5 Å². The van der Waals surface area contributed by atoms with Gasteiger partial charge in [-0.2, -0.15) is 0 Å². The molecule has 3 aromatic rings. The maximum atomic E-state index is 12.0. The van der Waals surface area contributed by atoms with Crippen molar-refractivity contribution >= 4 is 17.9 Å². The van der Waals surface area contributed by atoms with Gasteiger partial charge in [-0.25, -0.2) is 9.79 Å². The molecule has 0 atom stereocenters. The van der Waals surface area contributed by atoms with Crippen LogP contribution in [0.1, 0.15) is 28.9 Å². The van der Waals surface area contributed by atoms with Gasteiger partial charge in [-0.3, -0.25) is 0 Å². The normalized spacial score (nSPS) is 14.5. The predicted molar refractivity (Wildman–Crippen MR) is 117 cm³/mol. The van der Waals surface area contributed by atoms with Crippen LogP contribution >= 0.6 is 0 Å². The standard InChI is InChI=1S/C25H23NO5/c1-17-6-3-7-22(18(17)2)29-15-5-14-28-20-11-9-19(10-12-20)16-21-25(27)31-24(26-21)23-8-4-13-30-23/h3-4,6-13,16H,5,14-15H2,1-2H3/b21-16+. The molecule has 4 rings (SSSR count). The Morgan fingerprint density at radius 3 is 2.55 bits per heavy atom. The molecule has 6 nitrogen and oxygen atoms in total. The van der Waals surface area contributed by atoms with Gasteiger partial charge in [0.05, 0.1) is 19.5 Å². The van der Waals surface area contributed by atoms with Crippen LogP contribution in [0.4, 0.5) is 0 Å². The van der Waals surface area contributed by atoms with Gasteiger partial charge in [0.2, 0.25) is 0 Å². The van der Waals surface area contributed by atoms with Crippen LogP contribution in [0.3, 0.4) is 0 Å². The lowest BCUT2D eigenvalue weighted by Gasteiger charge is -2.11. The second kappa shape index (κ2) is 9.34. The van der Waals surface area contributed by atoms with E-state index in [1.165, 1.54) is 17.4 Å². The van der Waals surface area contributed by atoms with E-state index in [4.69, 9.17) is 18.6 Å². The molecule has 0 radical (unpaired) electrons. The highest BCUT2D eigenvalue weighted by Gasteiger charge is 2.25. The summed E-state index contributed by atoms with van der Waals surface area (Å²) in [6.45, 7) is 5.28. The van der Waals surface area contributed by atoms with Crippen LogP contribution in [0, 0.1) is 13.8 Å². The molecule has 0 fully saturated rings. The second-order valence-corrected chi connectivity index (χ2v) is 7.13. The smallest absolute Gasteiger partial charge is 0.363 e. The molecule has 0 aliphatic carbocycles. The number of hydrogen-bond donors (Lipinski definition) is 0. The van der Waals surface area contributed by atoms with Crippen molar-refractivity contribution in [3.8, 4) is 11.5 Å². The molecule has 0 saturated heterocycles. The van der Waals surface area contributed by atoms with E-state index in [2.05, 4.69) is 24.9 Å². The van der Waals surface area contributed by atoms with Crippen LogP contribution in [0.2, 0.25) is 0 Å². The Morgan fingerprint density at radius 1 is 0.968 bits per heavy atom. The summed E-state index contributed by atoms with van der Waals surface area (Å²) in [5.41, 5.74) is 3.43. The van der Waals surface area contributed by atoms with Crippen molar-refractivity contribution in [2.24, 2.45) is 4.99 Å². The van der Waals surface area contributed by atoms with Gasteiger partial charge >= 0.3 is 5.97 Å². The maximum absolute atomic E-state index is 12.0. The number of nitrogens with zero attached hydrogens (tertiary/aromatic N) is 1. The van der Waals surface area contributed by atoms with E-state index in [9.17, 15) is 4.79 Å². The third-order valence-corrected chi connectivity index (χ3v) is 4.91. The first-order valence-corrected chi connectivity index (χ1v) is 10.1. The van der Waals surface area contributed by atoms with Crippen molar-refractivity contribution in [3.05, 3.63) is 89.0 Å². The summed E-state index contributed by atoms with van der Waals surface area (Å²) in [7, 11) is 0. The minimum atomic E-state index is -0.504. The monoisotopic (exact) mass is 417 g/mol. The Kier molecular flexibility index (Phi) is 6.17. The van der Waals surface area contributed by atoms with E-state index in [1.807, 2.05) is 36.4 Å². The Hall–Kier alpha value is -3.80. The molecule has 1 aromatic heterocycles. The van der Waals surface area contributed by atoms with Crippen molar-refractivity contribution in [2.75, 3.05) is 13.2 Å². The fourth-order valence-corrected chi connectivity index (χ4v) is 3.04. The number of cyclic esters (lactones) is 1. The Morgan fingerprint density at radius 2 is 1.77 bits per heavy atom. The number of aliphatic imine (C=N–C) groups is 1. The Bertz CT molecular complexity index is 1110. The van der Waals surface area contributed by atoms with E-state index in [0.29, 0.717) is 19.0 Å². The molecule has 1 aliphatic rings. The number of esters is 1. The molecule has 31 heavy (non-hydrogen) atoms. The van der Waals surface area contributed by atoms with Gasteiger partial charge in [0.1, 0.15) is 11.5 Å². The summed E-state index contributed by atoms with van der Waals surface area (Å²) >= 11 is 0. The van der Waals surface area contributed by atoms with E-state index >= 15 is 0 Å². The molecule has 6 heteroatoms. The fourth-order valence-electron chi connectivity index (χ4n) is 3.04. The van der Waals surface area contributed by atoms with Crippen LogP contribution in [0.5, 0.6) is 11.5 Å². The van der Waals surface area contributed by atoms with Crippen LogP contribution in [0.25, 0.3) is 6.08 Å². The quantitative estimate of drug-likeness (QED) is 0.290. The van der Waals surface area contributed by atoms with Gasteiger partial charge in [-0.15, -0.1) is 0 Å². The lowest BCUT2D eigenvalue weighted by Crippen LogP contribution is -2.06. The summed E-state index contributed by atoms with van der Waals surface area (Å²) in [6.07, 6.45) is 3.94. The van der Waals surface area contributed by atoms with E-state index in [-0.39, 0.29) is 11.6 Å². The first-order chi connectivity index (χ1) is 15.1. The topological polar surface area (TPSA) is 70.3 Å². The molecule has 0 amide bonds. The summed E-state index contributed by atoms with van der Waals surface area (Å²) in [5.74, 6) is 1.75. The summed E-state index contributed by atoms with van der Waals surface area (Å²) in [6, 6.07) is 16.9. The molecule has 2 aromatic carbocycles. The number of aryl methyl sites for hydroxylation is 1. The van der Waals surface area contributed by atoms with Crippen molar-refractivity contribution < 1.29 is 23.4 Å². The lowest BCUT2D eigenvalue weighted by molar-refractivity contribution is -0.130. The highest BCUT2D eigenvalue weighted by atomic mass is 16.6. The summed E-state index contributed by atoms with van der Waals surface area (Å²) < 4.78 is 22.0. The SMILES string of the molecule is Cc1cccc(OCCCOc2ccc(/C=C3/N=C(c4ccco4)OC3=O)cc2)c1C. The van der Waals surface area contributed by atoms with E-state index < -0.39 is 5.97 Å². The summed E-state index contributed by atoms with van der Waals surface area (Å²) in [5, 5.41) is 0. The molecule has 0 saturated carbocycles. The Labute approximate surface area is 180 Å². The third kappa shape index (κ3) is 5.04. The van der Waals surface area contributed by atoms with Crippen molar-refractivity contribution in [2.45, 2.75) is 20.3 Å². The average Bonchev–Trinajstić information content (AvgIpc) is 3.42. The molecule has 0 bridgehead atoms. The lowest BCUT2D eigenvalue weighted by atomic mass is 10.1.